The van der Waals surface area contributed by atoms with Gasteiger partial charge >= 0.3 is 0 Å². The zero-order chi connectivity index (χ0) is 13.9. The van der Waals surface area contributed by atoms with Crippen LogP contribution in [0.2, 0.25) is 0 Å². The van der Waals surface area contributed by atoms with Crippen molar-refractivity contribution in [1.82, 2.24) is 0 Å². The van der Waals surface area contributed by atoms with Crippen LogP contribution in [0.1, 0.15) is 30.0 Å². The van der Waals surface area contributed by atoms with E-state index in [1.807, 2.05) is 32.0 Å². The number of halogens is 1. The molecule has 2 heteroatoms. The van der Waals surface area contributed by atoms with Crippen molar-refractivity contribution in [3.05, 3.63) is 71.0 Å². The Morgan fingerprint density at radius 2 is 1.79 bits per heavy atom. The fourth-order valence-electron chi connectivity index (χ4n) is 2.50. The molecule has 2 rings (SSSR count). The van der Waals surface area contributed by atoms with E-state index in [0.29, 0.717) is 6.42 Å². The summed E-state index contributed by atoms with van der Waals surface area (Å²) in [4.78, 5) is 0. The summed E-state index contributed by atoms with van der Waals surface area (Å²) >= 11 is 0. The fraction of sp³-hybridized carbons (Fsp3) is 0.294. The molecule has 0 heterocycles. The lowest BCUT2D eigenvalue weighted by molar-refractivity contribution is 0.420. The molecule has 2 aromatic rings. The van der Waals surface area contributed by atoms with Crippen LogP contribution in [0.15, 0.2) is 48.5 Å². The average molecular weight is 257 g/mol. The Balaban J connectivity index is 2.39. The lowest BCUT2D eigenvalue weighted by atomic mass is 9.80. The third-order valence-electron chi connectivity index (χ3n) is 3.73. The lowest BCUT2D eigenvalue weighted by Gasteiger charge is -2.30. The number of benzene rings is 2. The Morgan fingerprint density at radius 3 is 2.42 bits per heavy atom. The maximum atomic E-state index is 13.5. The van der Waals surface area contributed by atoms with Crippen LogP contribution in [-0.2, 0) is 12.0 Å². The second kappa shape index (κ2) is 5.54. The summed E-state index contributed by atoms with van der Waals surface area (Å²) in [5.74, 6) is -0.225. The van der Waals surface area contributed by atoms with E-state index in [2.05, 4.69) is 12.1 Å². The summed E-state index contributed by atoms with van der Waals surface area (Å²) in [6, 6.07) is 15.0. The molecule has 0 saturated heterocycles. The molecule has 0 spiro atoms. The van der Waals surface area contributed by atoms with Crippen LogP contribution in [0, 0.1) is 12.7 Å². The van der Waals surface area contributed by atoms with Gasteiger partial charge in [0.25, 0.3) is 0 Å². The quantitative estimate of drug-likeness (QED) is 0.882. The van der Waals surface area contributed by atoms with Gasteiger partial charge in [-0.3, -0.25) is 0 Å². The molecule has 0 bridgehead atoms. The summed E-state index contributed by atoms with van der Waals surface area (Å²) in [6.45, 7) is 4.03. The van der Waals surface area contributed by atoms with Crippen molar-refractivity contribution in [3.8, 4) is 0 Å². The predicted octanol–water partition coefficient (Wildman–Crippen LogP) is 3.94. The van der Waals surface area contributed by atoms with E-state index in [1.165, 1.54) is 11.6 Å². The van der Waals surface area contributed by atoms with Gasteiger partial charge in [0.2, 0.25) is 0 Å². The highest BCUT2D eigenvalue weighted by atomic mass is 19.1. The van der Waals surface area contributed by atoms with Crippen LogP contribution in [0.4, 0.5) is 4.39 Å². The molecular formula is C17H20FN. The van der Waals surface area contributed by atoms with Crippen molar-refractivity contribution in [2.24, 2.45) is 5.73 Å². The maximum Gasteiger partial charge on any atom is 0.123 e. The number of aryl methyl sites for hydroxylation is 1. The van der Waals surface area contributed by atoms with Crippen LogP contribution < -0.4 is 5.73 Å². The zero-order valence-electron chi connectivity index (χ0n) is 11.5. The highest BCUT2D eigenvalue weighted by molar-refractivity contribution is 5.35. The predicted molar refractivity (Wildman–Crippen MR) is 77.4 cm³/mol. The molecule has 1 nitrogen and oxygen atoms in total. The minimum atomic E-state index is -0.520. The van der Waals surface area contributed by atoms with E-state index in [0.717, 1.165) is 17.5 Å². The molecule has 2 aromatic carbocycles. The summed E-state index contributed by atoms with van der Waals surface area (Å²) in [7, 11) is 0. The zero-order valence-corrected chi connectivity index (χ0v) is 11.5. The van der Waals surface area contributed by atoms with Crippen molar-refractivity contribution in [2.75, 3.05) is 0 Å². The molecule has 1 unspecified atom stereocenters. The molecule has 0 amide bonds. The lowest BCUT2D eigenvalue weighted by Crippen LogP contribution is -2.39. The maximum absolute atomic E-state index is 13.5. The SMILES string of the molecule is CCC(N)(Cc1ccccc1)c1cc(F)ccc1C. The molecule has 0 aliphatic rings. The van der Waals surface area contributed by atoms with Gasteiger partial charge in [-0.1, -0.05) is 43.3 Å². The highest BCUT2D eigenvalue weighted by Gasteiger charge is 2.27. The average Bonchev–Trinajstić information content (AvgIpc) is 2.42. The van der Waals surface area contributed by atoms with Crippen LogP contribution >= 0.6 is 0 Å². The van der Waals surface area contributed by atoms with Crippen LogP contribution in [0.3, 0.4) is 0 Å². The minimum absolute atomic E-state index is 0.225. The van der Waals surface area contributed by atoms with Crippen LogP contribution in [-0.4, -0.2) is 0 Å². The van der Waals surface area contributed by atoms with Gasteiger partial charge in [-0.25, -0.2) is 4.39 Å². The first kappa shape index (κ1) is 13.8. The summed E-state index contributed by atoms with van der Waals surface area (Å²) < 4.78 is 13.5. The number of nitrogens with two attached hydrogens (primary N) is 1. The smallest absolute Gasteiger partial charge is 0.123 e. The first-order valence-corrected chi connectivity index (χ1v) is 6.64. The Morgan fingerprint density at radius 1 is 1.11 bits per heavy atom. The summed E-state index contributed by atoms with van der Waals surface area (Å²) in [6.07, 6.45) is 1.49. The van der Waals surface area contributed by atoms with Gasteiger partial charge in [-0.2, -0.15) is 0 Å². The van der Waals surface area contributed by atoms with Gasteiger partial charge in [-0.15, -0.1) is 0 Å². The number of hydrogen-bond acceptors (Lipinski definition) is 1. The van der Waals surface area contributed by atoms with Gasteiger partial charge in [0.15, 0.2) is 0 Å². The third-order valence-corrected chi connectivity index (χ3v) is 3.73. The molecule has 0 fully saturated rings. The Labute approximate surface area is 114 Å². The van der Waals surface area contributed by atoms with E-state index in [-0.39, 0.29) is 5.82 Å². The highest BCUT2D eigenvalue weighted by Crippen LogP contribution is 2.29. The van der Waals surface area contributed by atoms with Crippen LogP contribution in [0.25, 0.3) is 0 Å². The first-order valence-electron chi connectivity index (χ1n) is 6.64. The minimum Gasteiger partial charge on any atom is -0.321 e. The monoisotopic (exact) mass is 257 g/mol. The fourth-order valence-corrected chi connectivity index (χ4v) is 2.50. The molecule has 19 heavy (non-hydrogen) atoms. The molecule has 0 aromatic heterocycles. The van der Waals surface area contributed by atoms with Gasteiger partial charge in [0.1, 0.15) is 5.82 Å². The van der Waals surface area contributed by atoms with Gasteiger partial charge < -0.3 is 5.73 Å². The molecule has 0 aliphatic heterocycles. The largest absolute Gasteiger partial charge is 0.321 e. The molecule has 2 N–H and O–H groups in total. The van der Waals surface area contributed by atoms with E-state index in [4.69, 9.17) is 5.73 Å². The van der Waals surface area contributed by atoms with Crippen LogP contribution in [0.5, 0.6) is 0 Å². The normalized spacial score (nSPS) is 14.1. The Hall–Kier alpha value is -1.67. The van der Waals surface area contributed by atoms with Crippen molar-refractivity contribution in [3.63, 3.8) is 0 Å². The molecule has 1 atom stereocenters. The topological polar surface area (TPSA) is 26.0 Å². The van der Waals surface area contributed by atoms with E-state index >= 15 is 0 Å². The molecule has 0 saturated carbocycles. The molecule has 0 radical (unpaired) electrons. The van der Waals surface area contributed by atoms with E-state index < -0.39 is 5.54 Å². The Kier molecular flexibility index (Phi) is 4.01. The van der Waals surface area contributed by atoms with E-state index in [1.54, 1.807) is 12.1 Å². The van der Waals surface area contributed by atoms with Crippen molar-refractivity contribution >= 4 is 0 Å². The van der Waals surface area contributed by atoms with Crippen molar-refractivity contribution in [1.29, 1.82) is 0 Å². The Bertz CT molecular complexity index is 550. The number of hydrogen-bond donors (Lipinski definition) is 1. The molecule has 100 valence electrons. The first-order chi connectivity index (χ1) is 9.05. The molecular weight excluding hydrogens is 237 g/mol. The van der Waals surface area contributed by atoms with E-state index in [9.17, 15) is 4.39 Å². The van der Waals surface area contributed by atoms with Crippen molar-refractivity contribution < 1.29 is 4.39 Å². The van der Waals surface area contributed by atoms with Gasteiger partial charge in [0, 0.05) is 5.54 Å². The summed E-state index contributed by atoms with van der Waals surface area (Å²) in [5, 5.41) is 0. The standard InChI is InChI=1S/C17H20FN/c1-3-17(19,12-14-7-5-4-6-8-14)16-11-15(18)10-9-13(16)2/h4-11H,3,12,19H2,1-2H3. The second-order valence-corrected chi connectivity index (χ2v) is 5.13. The van der Waals surface area contributed by atoms with Crippen molar-refractivity contribution in [2.45, 2.75) is 32.2 Å². The van der Waals surface area contributed by atoms with Gasteiger partial charge in [-0.05, 0) is 48.6 Å². The third kappa shape index (κ3) is 3.02. The molecule has 0 aliphatic carbocycles. The summed E-state index contributed by atoms with van der Waals surface area (Å²) in [5.41, 5.74) is 9.15. The number of rotatable bonds is 4. The second-order valence-electron chi connectivity index (χ2n) is 5.13. The van der Waals surface area contributed by atoms with Gasteiger partial charge in [0.05, 0.1) is 0 Å².